The average Bonchev–Trinajstić information content (AvgIpc) is 3.51. The zero-order chi connectivity index (χ0) is 24.5. The summed E-state index contributed by atoms with van der Waals surface area (Å²) in [6.07, 6.45) is 1.74. The number of aryl methyl sites for hydroxylation is 2. The molecule has 180 valence electrons. The van der Waals surface area contributed by atoms with E-state index in [4.69, 9.17) is 0 Å². The molecular formula is C26H34N6OS. The predicted octanol–water partition coefficient (Wildman–Crippen LogP) is 5.49. The third-order valence-corrected chi connectivity index (χ3v) is 7.86. The summed E-state index contributed by atoms with van der Waals surface area (Å²) < 4.78 is 1.96. The molecule has 3 aromatic heterocycles. The highest BCUT2D eigenvalue weighted by molar-refractivity contribution is 7.09. The van der Waals surface area contributed by atoms with Crippen LogP contribution in [0.2, 0.25) is 0 Å². The first-order valence-electron chi connectivity index (χ1n) is 11.9. The summed E-state index contributed by atoms with van der Waals surface area (Å²) in [6.45, 7) is 14.0. The molecule has 34 heavy (non-hydrogen) atoms. The smallest absolute Gasteiger partial charge is 0.252 e. The molecule has 8 heteroatoms. The Morgan fingerprint density at radius 3 is 2.65 bits per heavy atom. The van der Waals surface area contributed by atoms with Gasteiger partial charge >= 0.3 is 0 Å². The molecule has 4 aromatic rings. The van der Waals surface area contributed by atoms with E-state index in [0.717, 1.165) is 47.2 Å². The minimum Gasteiger partial charge on any atom is -0.321 e. The number of aromatic amines is 1. The Hall–Kier alpha value is -2.84. The molecule has 4 rings (SSSR count). The fraction of sp³-hybridized carbons (Fsp3) is 0.462. The highest BCUT2D eigenvalue weighted by Crippen LogP contribution is 2.31. The molecular weight excluding hydrogens is 444 g/mol. The third kappa shape index (κ3) is 4.70. The molecule has 1 N–H and O–H groups in total. The van der Waals surface area contributed by atoms with Gasteiger partial charge in [0.25, 0.3) is 5.56 Å². The van der Waals surface area contributed by atoms with E-state index in [9.17, 15) is 4.79 Å². The van der Waals surface area contributed by atoms with Crippen LogP contribution in [0, 0.1) is 13.8 Å². The maximum atomic E-state index is 13.2. The van der Waals surface area contributed by atoms with Crippen LogP contribution in [-0.2, 0) is 18.6 Å². The van der Waals surface area contributed by atoms with Crippen molar-refractivity contribution >= 4 is 22.2 Å². The number of benzene rings is 1. The van der Waals surface area contributed by atoms with Crippen LogP contribution < -0.4 is 5.56 Å². The summed E-state index contributed by atoms with van der Waals surface area (Å²) >= 11 is 1.73. The van der Waals surface area contributed by atoms with E-state index in [1.807, 2.05) is 10.7 Å². The van der Waals surface area contributed by atoms with Crippen molar-refractivity contribution < 1.29 is 0 Å². The lowest BCUT2D eigenvalue weighted by Gasteiger charge is -2.32. The van der Waals surface area contributed by atoms with Gasteiger partial charge in [-0.1, -0.05) is 32.0 Å². The second kappa shape index (κ2) is 9.80. The molecule has 0 radical (unpaired) electrons. The Morgan fingerprint density at radius 1 is 1.18 bits per heavy atom. The molecule has 0 amide bonds. The van der Waals surface area contributed by atoms with E-state index in [-0.39, 0.29) is 17.1 Å². The first-order valence-corrected chi connectivity index (χ1v) is 12.8. The Morgan fingerprint density at radius 2 is 1.97 bits per heavy atom. The first-order chi connectivity index (χ1) is 16.2. The number of rotatable bonds is 9. The maximum Gasteiger partial charge on any atom is 0.252 e. The van der Waals surface area contributed by atoms with Crippen LogP contribution in [-0.4, -0.2) is 30.1 Å². The van der Waals surface area contributed by atoms with Gasteiger partial charge in [-0.15, -0.1) is 16.4 Å². The number of fused-ring (bicyclic) bond motifs is 1. The van der Waals surface area contributed by atoms with Gasteiger partial charge in [0, 0.05) is 23.5 Å². The average molecular weight is 479 g/mol. The van der Waals surface area contributed by atoms with Gasteiger partial charge in [0.2, 0.25) is 0 Å². The van der Waals surface area contributed by atoms with E-state index >= 15 is 0 Å². The van der Waals surface area contributed by atoms with Crippen LogP contribution in [0.25, 0.3) is 10.9 Å². The van der Waals surface area contributed by atoms with Crippen LogP contribution in [0.3, 0.4) is 0 Å². The molecule has 0 aliphatic heterocycles. The largest absolute Gasteiger partial charge is 0.321 e. The number of nitrogens with zero attached hydrogens (tertiary/aromatic N) is 5. The lowest BCUT2D eigenvalue weighted by molar-refractivity contribution is 0.152. The minimum absolute atomic E-state index is 0.0298. The van der Waals surface area contributed by atoms with Crippen LogP contribution in [0.4, 0.5) is 0 Å². The number of hydrogen-bond acceptors (Lipinski definition) is 6. The molecule has 1 aromatic carbocycles. The Labute approximate surface area is 204 Å². The van der Waals surface area contributed by atoms with Gasteiger partial charge in [0.05, 0.1) is 17.1 Å². The topological polar surface area (TPSA) is 79.7 Å². The predicted molar refractivity (Wildman–Crippen MR) is 138 cm³/mol. The molecule has 3 heterocycles. The molecule has 0 unspecified atom stereocenters. The molecule has 1 atom stereocenters. The molecule has 0 saturated heterocycles. The Bertz CT molecular complexity index is 1320. The van der Waals surface area contributed by atoms with Crippen LogP contribution in [0.1, 0.15) is 74.0 Å². The van der Waals surface area contributed by atoms with E-state index in [0.29, 0.717) is 6.54 Å². The van der Waals surface area contributed by atoms with Crippen molar-refractivity contribution in [2.45, 2.75) is 79.1 Å². The standard InChI is InChI=1S/C26H34N6OS/c1-7-22(24-28-29-30-32(24)26(5,6)8-2)31(16-21-10-9-13-34-21)15-20-14-19-12-11-17(3)18(4)23(19)27-25(20)33/h9-14,22H,7-8,15-16H2,1-6H3,(H,27,33)/t22-/m0/s1. The summed E-state index contributed by atoms with van der Waals surface area (Å²) in [7, 11) is 0. The summed E-state index contributed by atoms with van der Waals surface area (Å²) in [5, 5.41) is 16.0. The van der Waals surface area contributed by atoms with Crippen molar-refractivity contribution in [2.75, 3.05) is 0 Å². The highest BCUT2D eigenvalue weighted by Gasteiger charge is 2.31. The third-order valence-electron chi connectivity index (χ3n) is 7.00. The van der Waals surface area contributed by atoms with Gasteiger partial charge in [-0.25, -0.2) is 4.68 Å². The Balaban J connectivity index is 1.77. The molecule has 0 spiro atoms. The van der Waals surface area contributed by atoms with E-state index in [2.05, 4.69) is 96.6 Å². The van der Waals surface area contributed by atoms with Crippen molar-refractivity contribution in [1.29, 1.82) is 0 Å². The summed E-state index contributed by atoms with van der Waals surface area (Å²) in [6, 6.07) is 10.4. The molecule has 0 fully saturated rings. The molecule has 7 nitrogen and oxygen atoms in total. The van der Waals surface area contributed by atoms with E-state index in [1.165, 1.54) is 10.4 Å². The molecule has 0 aliphatic carbocycles. The van der Waals surface area contributed by atoms with Gasteiger partial charge in [-0.3, -0.25) is 9.69 Å². The molecule has 0 bridgehead atoms. The number of hydrogen-bond donors (Lipinski definition) is 1. The SMILES string of the molecule is CC[C@@H](c1nnnn1C(C)(C)CC)N(Cc1cccs1)Cc1cc2ccc(C)c(C)c2[nH]c1=O. The zero-order valence-electron chi connectivity index (χ0n) is 20.9. The normalized spacial score (nSPS) is 13.1. The summed E-state index contributed by atoms with van der Waals surface area (Å²) in [4.78, 5) is 19.9. The van der Waals surface area contributed by atoms with Crippen molar-refractivity contribution in [1.82, 2.24) is 30.1 Å². The van der Waals surface area contributed by atoms with Gasteiger partial charge in [-0.2, -0.15) is 0 Å². The highest BCUT2D eigenvalue weighted by atomic mass is 32.1. The van der Waals surface area contributed by atoms with Gasteiger partial charge in [-0.05, 0) is 85.0 Å². The summed E-state index contributed by atoms with van der Waals surface area (Å²) in [5.41, 5.74) is 3.71. The van der Waals surface area contributed by atoms with Gasteiger partial charge < -0.3 is 4.98 Å². The quantitative estimate of drug-likeness (QED) is 0.344. The lowest BCUT2D eigenvalue weighted by atomic mass is 10.0. The summed E-state index contributed by atoms with van der Waals surface area (Å²) in [5.74, 6) is 0.842. The molecule has 0 aliphatic rings. The minimum atomic E-state index is -0.198. The van der Waals surface area contributed by atoms with Gasteiger partial charge in [0.15, 0.2) is 5.82 Å². The number of pyridine rings is 1. The van der Waals surface area contributed by atoms with Crippen LogP contribution in [0.15, 0.2) is 40.5 Å². The molecule has 0 saturated carbocycles. The number of H-pyrrole nitrogens is 1. The van der Waals surface area contributed by atoms with Crippen LogP contribution >= 0.6 is 11.3 Å². The fourth-order valence-corrected chi connectivity index (χ4v) is 5.10. The fourth-order valence-electron chi connectivity index (χ4n) is 4.37. The number of nitrogens with one attached hydrogen (secondary N) is 1. The number of tetrazole rings is 1. The van der Waals surface area contributed by atoms with Crippen molar-refractivity contribution in [3.05, 3.63) is 73.5 Å². The number of aromatic nitrogens is 5. The second-order valence-electron chi connectivity index (χ2n) is 9.62. The monoisotopic (exact) mass is 478 g/mol. The van der Waals surface area contributed by atoms with Crippen molar-refractivity contribution in [2.24, 2.45) is 0 Å². The lowest BCUT2D eigenvalue weighted by Crippen LogP contribution is -2.36. The number of thiophene rings is 1. The van der Waals surface area contributed by atoms with Crippen molar-refractivity contribution in [3.8, 4) is 0 Å². The second-order valence-corrected chi connectivity index (χ2v) is 10.7. The van der Waals surface area contributed by atoms with Gasteiger partial charge in [0.1, 0.15) is 0 Å². The van der Waals surface area contributed by atoms with Crippen molar-refractivity contribution in [3.63, 3.8) is 0 Å². The first kappa shape index (κ1) is 24.3. The zero-order valence-corrected chi connectivity index (χ0v) is 21.7. The van der Waals surface area contributed by atoms with Crippen LogP contribution in [0.5, 0.6) is 0 Å². The van der Waals surface area contributed by atoms with E-state index < -0.39 is 0 Å². The Kier molecular flexibility index (Phi) is 7.00. The maximum absolute atomic E-state index is 13.2. The van der Waals surface area contributed by atoms with E-state index in [1.54, 1.807) is 11.3 Å².